The topological polar surface area (TPSA) is 9.23 Å². The van der Waals surface area contributed by atoms with Gasteiger partial charge in [0.15, 0.2) is 6.17 Å². The first kappa shape index (κ1) is 17.6. The highest BCUT2D eigenvalue weighted by molar-refractivity contribution is 4.97. The molecule has 0 radical (unpaired) electrons. The van der Waals surface area contributed by atoms with Crippen LogP contribution in [0.1, 0.15) is 71.1 Å². The first-order valence-electron chi connectivity index (χ1n) is 9.94. The van der Waals surface area contributed by atoms with Gasteiger partial charge >= 0.3 is 0 Å². The second kappa shape index (κ2) is 7.80. The summed E-state index contributed by atoms with van der Waals surface area (Å²) in [5, 5.41) is 0. The predicted octanol–water partition coefficient (Wildman–Crippen LogP) is 5.72. The van der Waals surface area contributed by atoms with Crippen LogP contribution in [0.4, 0.5) is 8.78 Å². The van der Waals surface area contributed by atoms with Crippen LogP contribution >= 0.6 is 0 Å². The van der Waals surface area contributed by atoms with Gasteiger partial charge in [-0.25, -0.2) is 8.78 Å². The molecule has 3 aliphatic rings. The number of alkyl halides is 2. The van der Waals surface area contributed by atoms with Crippen LogP contribution < -0.4 is 0 Å². The second-order valence-corrected chi connectivity index (χ2v) is 8.47. The minimum atomic E-state index is -1.42. The number of hydrogen-bond acceptors (Lipinski definition) is 1. The van der Waals surface area contributed by atoms with Gasteiger partial charge in [-0.05, 0) is 68.1 Å². The molecule has 3 heteroatoms. The average molecular weight is 328 g/mol. The van der Waals surface area contributed by atoms with Gasteiger partial charge in [0.05, 0.1) is 6.10 Å². The van der Waals surface area contributed by atoms with Gasteiger partial charge in [0, 0.05) is 7.11 Å². The molecule has 0 spiro atoms. The standard InChI is InChI=1S/C20H34F2O/c1-3-4-13-5-7-14(8-6-13)15-9-10-16-12-18(23-2)20(22)19(21)17(16)11-15/h13-20H,3-12H2,1-2H3. The summed E-state index contributed by atoms with van der Waals surface area (Å²) in [5.74, 6) is 2.63. The molecule has 0 bridgehead atoms. The van der Waals surface area contributed by atoms with Crippen LogP contribution in [-0.4, -0.2) is 25.6 Å². The number of ether oxygens (including phenoxy) is 1. The Kier molecular flexibility index (Phi) is 5.98. The fourth-order valence-corrected chi connectivity index (χ4v) is 5.87. The lowest BCUT2D eigenvalue weighted by atomic mass is 9.61. The molecule has 6 unspecified atom stereocenters. The summed E-state index contributed by atoms with van der Waals surface area (Å²) in [7, 11) is 1.52. The summed E-state index contributed by atoms with van der Waals surface area (Å²) in [5.41, 5.74) is 0. The van der Waals surface area contributed by atoms with E-state index in [1.807, 2.05) is 0 Å². The third-order valence-corrected chi connectivity index (χ3v) is 7.25. The smallest absolute Gasteiger partial charge is 0.157 e. The van der Waals surface area contributed by atoms with Gasteiger partial charge in [0.25, 0.3) is 0 Å². The first-order valence-corrected chi connectivity index (χ1v) is 9.94. The fourth-order valence-electron chi connectivity index (χ4n) is 5.87. The van der Waals surface area contributed by atoms with Crippen LogP contribution in [-0.2, 0) is 4.74 Å². The zero-order valence-corrected chi connectivity index (χ0v) is 14.9. The van der Waals surface area contributed by atoms with E-state index in [0.717, 1.165) is 31.1 Å². The largest absolute Gasteiger partial charge is 0.378 e. The van der Waals surface area contributed by atoms with Gasteiger partial charge in [0.1, 0.15) is 6.17 Å². The molecule has 0 N–H and O–H groups in total. The maximum Gasteiger partial charge on any atom is 0.157 e. The zero-order valence-electron chi connectivity index (χ0n) is 14.9. The lowest BCUT2D eigenvalue weighted by molar-refractivity contribution is -0.0994. The number of methoxy groups -OCH3 is 1. The van der Waals surface area contributed by atoms with E-state index >= 15 is 0 Å². The van der Waals surface area contributed by atoms with Crippen LogP contribution in [0.25, 0.3) is 0 Å². The highest BCUT2D eigenvalue weighted by atomic mass is 19.2. The van der Waals surface area contributed by atoms with E-state index in [0.29, 0.717) is 11.8 Å². The molecule has 0 amide bonds. The number of rotatable bonds is 4. The third-order valence-electron chi connectivity index (χ3n) is 7.25. The molecule has 1 nitrogen and oxygen atoms in total. The Morgan fingerprint density at radius 1 is 0.826 bits per heavy atom. The Morgan fingerprint density at radius 2 is 1.48 bits per heavy atom. The van der Waals surface area contributed by atoms with Crippen molar-refractivity contribution in [2.75, 3.05) is 7.11 Å². The molecular weight excluding hydrogens is 294 g/mol. The monoisotopic (exact) mass is 328 g/mol. The van der Waals surface area contributed by atoms with E-state index in [4.69, 9.17) is 4.74 Å². The SMILES string of the molecule is CCCC1CCC(C2CCC3CC(OC)C(F)C(F)C3C2)CC1. The summed E-state index contributed by atoms with van der Waals surface area (Å²) >= 11 is 0. The van der Waals surface area contributed by atoms with E-state index in [1.165, 1.54) is 52.1 Å². The van der Waals surface area contributed by atoms with Crippen LogP contribution in [0, 0.1) is 29.6 Å². The fraction of sp³-hybridized carbons (Fsp3) is 1.00. The van der Waals surface area contributed by atoms with Crippen LogP contribution in [0.3, 0.4) is 0 Å². The zero-order chi connectivity index (χ0) is 16.4. The minimum absolute atomic E-state index is 0.0523. The summed E-state index contributed by atoms with van der Waals surface area (Å²) in [6.07, 6.45) is 8.74. The van der Waals surface area contributed by atoms with Crippen molar-refractivity contribution >= 4 is 0 Å². The number of hydrogen-bond donors (Lipinski definition) is 0. The Bertz CT molecular complexity index is 365. The van der Waals surface area contributed by atoms with Crippen LogP contribution in [0.2, 0.25) is 0 Å². The highest BCUT2D eigenvalue weighted by Crippen LogP contribution is 2.49. The molecule has 0 aliphatic heterocycles. The molecule has 23 heavy (non-hydrogen) atoms. The number of fused-ring (bicyclic) bond motifs is 1. The molecule has 134 valence electrons. The Balaban J connectivity index is 1.55. The van der Waals surface area contributed by atoms with Crippen LogP contribution in [0.5, 0.6) is 0 Å². The molecule has 0 aromatic carbocycles. The molecule has 6 atom stereocenters. The van der Waals surface area contributed by atoms with E-state index in [-0.39, 0.29) is 5.92 Å². The van der Waals surface area contributed by atoms with Gasteiger partial charge in [0.2, 0.25) is 0 Å². The van der Waals surface area contributed by atoms with Gasteiger partial charge in [-0.15, -0.1) is 0 Å². The van der Waals surface area contributed by atoms with Crippen molar-refractivity contribution < 1.29 is 13.5 Å². The van der Waals surface area contributed by atoms with E-state index in [1.54, 1.807) is 0 Å². The van der Waals surface area contributed by atoms with E-state index in [9.17, 15) is 8.78 Å². The van der Waals surface area contributed by atoms with Crippen molar-refractivity contribution in [2.45, 2.75) is 89.6 Å². The van der Waals surface area contributed by atoms with Gasteiger partial charge in [-0.2, -0.15) is 0 Å². The molecule has 0 saturated heterocycles. The molecule has 0 aromatic rings. The average Bonchev–Trinajstić information content (AvgIpc) is 2.59. The minimum Gasteiger partial charge on any atom is -0.378 e. The van der Waals surface area contributed by atoms with Crippen LogP contribution in [0.15, 0.2) is 0 Å². The molecule has 0 heterocycles. The Labute approximate surface area is 140 Å². The van der Waals surface area contributed by atoms with Crippen molar-refractivity contribution in [1.82, 2.24) is 0 Å². The normalized spacial score (nSPS) is 48.0. The van der Waals surface area contributed by atoms with E-state index in [2.05, 4.69) is 6.92 Å². The lowest BCUT2D eigenvalue weighted by Crippen LogP contribution is -2.49. The van der Waals surface area contributed by atoms with Crippen molar-refractivity contribution in [3.8, 4) is 0 Å². The predicted molar refractivity (Wildman–Crippen MR) is 89.9 cm³/mol. The van der Waals surface area contributed by atoms with Crippen molar-refractivity contribution in [1.29, 1.82) is 0 Å². The van der Waals surface area contributed by atoms with Gasteiger partial charge < -0.3 is 4.74 Å². The molecule has 3 saturated carbocycles. The second-order valence-electron chi connectivity index (χ2n) is 8.47. The Morgan fingerprint density at radius 3 is 2.13 bits per heavy atom. The highest BCUT2D eigenvalue weighted by Gasteiger charge is 2.49. The third kappa shape index (κ3) is 3.75. The summed E-state index contributed by atoms with van der Waals surface area (Å²) in [4.78, 5) is 0. The van der Waals surface area contributed by atoms with Crippen molar-refractivity contribution in [3.05, 3.63) is 0 Å². The molecule has 3 rings (SSSR count). The quantitative estimate of drug-likeness (QED) is 0.641. The van der Waals surface area contributed by atoms with E-state index < -0.39 is 18.4 Å². The molecule has 3 fully saturated rings. The molecule has 3 aliphatic carbocycles. The summed E-state index contributed by atoms with van der Waals surface area (Å²) < 4.78 is 34.0. The number of halogens is 2. The van der Waals surface area contributed by atoms with Crippen molar-refractivity contribution in [3.63, 3.8) is 0 Å². The van der Waals surface area contributed by atoms with Gasteiger partial charge in [-0.3, -0.25) is 0 Å². The summed E-state index contributed by atoms with van der Waals surface area (Å²) in [6, 6.07) is 0. The Hall–Kier alpha value is -0.180. The lowest BCUT2D eigenvalue weighted by Gasteiger charge is -2.47. The van der Waals surface area contributed by atoms with Crippen molar-refractivity contribution in [2.24, 2.45) is 29.6 Å². The molecule has 0 aromatic heterocycles. The molecular formula is C20H34F2O. The van der Waals surface area contributed by atoms with Gasteiger partial charge in [-0.1, -0.05) is 32.6 Å². The maximum absolute atomic E-state index is 14.6. The summed E-state index contributed by atoms with van der Waals surface area (Å²) in [6.45, 7) is 2.28. The maximum atomic E-state index is 14.6. The first-order chi connectivity index (χ1) is 11.1.